The van der Waals surface area contributed by atoms with Crippen molar-refractivity contribution < 1.29 is 14.3 Å². The Labute approximate surface area is 107 Å². The van der Waals surface area contributed by atoms with E-state index < -0.39 is 5.54 Å². The van der Waals surface area contributed by atoms with Gasteiger partial charge in [-0.3, -0.25) is 9.59 Å². The molecule has 0 radical (unpaired) electrons. The van der Waals surface area contributed by atoms with E-state index in [-0.39, 0.29) is 11.8 Å². The Morgan fingerprint density at radius 3 is 2.56 bits per heavy atom. The summed E-state index contributed by atoms with van der Waals surface area (Å²) in [5.41, 5.74) is 5.19. The topological polar surface area (TPSA) is 93.5 Å². The second kappa shape index (κ2) is 5.67. The quantitative estimate of drug-likeness (QED) is 0.604. The number of nitrogens with two attached hydrogens (primary N) is 1. The van der Waals surface area contributed by atoms with Gasteiger partial charge in [0.25, 0.3) is 0 Å². The Kier molecular flexibility index (Phi) is 4.19. The standard InChI is InChI=1S/C12H21N3O3/c13-12(4-7-18-8-5-12)11(17)14-6-3-10(16)15-9-1-2-9/h9H,1-8,13H2,(H,14,17)(H,15,16). The molecule has 0 atom stereocenters. The van der Waals surface area contributed by atoms with Crippen LogP contribution < -0.4 is 16.4 Å². The summed E-state index contributed by atoms with van der Waals surface area (Å²) in [5, 5.41) is 5.61. The zero-order valence-electron chi connectivity index (χ0n) is 10.5. The zero-order chi connectivity index (χ0) is 13.0. The number of ether oxygens (including phenoxy) is 1. The van der Waals surface area contributed by atoms with Crippen molar-refractivity contribution in [3.05, 3.63) is 0 Å². The molecule has 0 bridgehead atoms. The van der Waals surface area contributed by atoms with Crippen LogP contribution in [-0.2, 0) is 14.3 Å². The minimum absolute atomic E-state index is 0.00384. The Morgan fingerprint density at radius 1 is 1.28 bits per heavy atom. The molecule has 0 aromatic carbocycles. The third-order valence-corrected chi connectivity index (χ3v) is 3.42. The van der Waals surface area contributed by atoms with E-state index in [2.05, 4.69) is 10.6 Å². The average molecular weight is 255 g/mol. The van der Waals surface area contributed by atoms with Crippen LogP contribution in [0.25, 0.3) is 0 Å². The van der Waals surface area contributed by atoms with Gasteiger partial charge in [-0.2, -0.15) is 0 Å². The first-order chi connectivity index (χ1) is 8.60. The number of hydrogen-bond acceptors (Lipinski definition) is 4. The number of amides is 2. The molecule has 0 aromatic heterocycles. The summed E-state index contributed by atoms with van der Waals surface area (Å²) < 4.78 is 5.18. The predicted molar refractivity (Wildman–Crippen MR) is 65.8 cm³/mol. The van der Waals surface area contributed by atoms with Crippen molar-refractivity contribution in [1.29, 1.82) is 0 Å². The smallest absolute Gasteiger partial charge is 0.240 e. The largest absolute Gasteiger partial charge is 0.381 e. The summed E-state index contributed by atoms with van der Waals surface area (Å²) in [5.74, 6) is -0.180. The summed E-state index contributed by atoms with van der Waals surface area (Å²) in [4.78, 5) is 23.3. The predicted octanol–water partition coefficient (Wildman–Crippen LogP) is -0.721. The lowest BCUT2D eigenvalue weighted by atomic mass is 9.90. The van der Waals surface area contributed by atoms with E-state index in [9.17, 15) is 9.59 Å². The van der Waals surface area contributed by atoms with Crippen LogP contribution in [-0.4, -0.2) is 43.2 Å². The second-order valence-corrected chi connectivity index (χ2v) is 5.12. The van der Waals surface area contributed by atoms with Gasteiger partial charge in [0.1, 0.15) is 0 Å². The van der Waals surface area contributed by atoms with E-state index in [1.54, 1.807) is 0 Å². The van der Waals surface area contributed by atoms with Crippen molar-refractivity contribution >= 4 is 11.8 Å². The van der Waals surface area contributed by atoms with Gasteiger partial charge in [0.15, 0.2) is 0 Å². The number of carbonyl (C=O) groups is 2. The molecule has 4 N–H and O–H groups in total. The van der Waals surface area contributed by atoms with Crippen LogP contribution in [0.3, 0.4) is 0 Å². The summed E-state index contributed by atoms with van der Waals surface area (Å²) in [7, 11) is 0. The third kappa shape index (κ3) is 3.68. The van der Waals surface area contributed by atoms with Crippen molar-refractivity contribution in [2.75, 3.05) is 19.8 Å². The molecule has 1 aliphatic carbocycles. The molecule has 102 valence electrons. The van der Waals surface area contributed by atoms with Crippen LogP contribution in [0, 0.1) is 0 Å². The summed E-state index contributed by atoms with van der Waals surface area (Å²) in [6.45, 7) is 1.38. The molecule has 2 rings (SSSR count). The highest BCUT2D eigenvalue weighted by atomic mass is 16.5. The maximum absolute atomic E-state index is 11.9. The highest BCUT2D eigenvalue weighted by Crippen LogP contribution is 2.19. The van der Waals surface area contributed by atoms with Gasteiger partial charge in [0.05, 0.1) is 5.54 Å². The number of carbonyl (C=O) groups excluding carboxylic acids is 2. The molecule has 2 amide bonds. The fraction of sp³-hybridized carbons (Fsp3) is 0.833. The van der Waals surface area contributed by atoms with E-state index in [4.69, 9.17) is 10.5 Å². The van der Waals surface area contributed by atoms with Gasteiger partial charge in [0.2, 0.25) is 11.8 Å². The van der Waals surface area contributed by atoms with E-state index >= 15 is 0 Å². The molecule has 0 unspecified atom stereocenters. The SMILES string of the molecule is NC1(C(=O)NCCC(=O)NC2CC2)CCOCC1. The summed E-state index contributed by atoms with van der Waals surface area (Å²) in [6.07, 6.45) is 3.53. The molecule has 18 heavy (non-hydrogen) atoms. The molecule has 1 saturated heterocycles. The minimum atomic E-state index is -0.828. The molecular weight excluding hydrogens is 234 g/mol. The first-order valence-electron chi connectivity index (χ1n) is 6.54. The van der Waals surface area contributed by atoms with Crippen molar-refractivity contribution in [1.82, 2.24) is 10.6 Å². The van der Waals surface area contributed by atoms with Gasteiger partial charge >= 0.3 is 0 Å². The molecule has 6 heteroatoms. The third-order valence-electron chi connectivity index (χ3n) is 3.42. The van der Waals surface area contributed by atoms with Crippen molar-refractivity contribution in [2.45, 2.75) is 43.7 Å². The van der Waals surface area contributed by atoms with E-state index in [1.807, 2.05) is 0 Å². The van der Waals surface area contributed by atoms with Gasteiger partial charge in [-0.1, -0.05) is 0 Å². The fourth-order valence-electron chi connectivity index (χ4n) is 1.96. The van der Waals surface area contributed by atoms with Crippen molar-refractivity contribution in [3.8, 4) is 0 Å². The highest BCUT2D eigenvalue weighted by molar-refractivity contribution is 5.86. The van der Waals surface area contributed by atoms with Crippen LogP contribution in [0.5, 0.6) is 0 Å². The lowest BCUT2D eigenvalue weighted by Gasteiger charge is -2.31. The molecule has 0 spiro atoms. The summed E-state index contributed by atoms with van der Waals surface area (Å²) >= 11 is 0. The first kappa shape index (κ1) is 13.3. The van der Waals surface area contributed by atoms with Gasteiger partial charge in [-0.15, -0.1) is 0 Å². The molecule has 0 aromatic rings. The lowest BCUT2D eigenvalue weighted by molar-refractivity contribution is -0.129. The molecule has 1 aliphatic heterocycles. The van der Waals surface area contributed by atoms with Crippen LogP contribution in [0.2, 0.25) is 0 Å². The van der Waals surface area contributed by atoms with Crippen LogP contribution in [0.15, 0.2) is 0 Å². The average Bonchev–Trinajstić information content (AvgIpc) is 3.13. The normalized spacial score (nSPS) is 22.3. The molecular formula is C12H21N3O3. The number of rotatable bonds is 5. The zero-order valence-corrected chi connectivity index (χ0v) is 10.5. The molecule has 2 fully saturated rings. The van der Waals surface area contributed by atoms with E-state index in [0.717, 1.165) is 12.8 Å². The Hall–Kier alpha value is -1.14. The lowest BCUT2D eigenvalue weighted by Crippen LogP contribution is -2.57. The van der Waals surface area contributed by atoms with E-state index in [0.29, 0.717) is 45.1 Å². The van der Waals surface area contributed by atoms with Crippen LogP contribution in [0.1, 0.15) is 32.1 Å². The van der Waals surface area contributed by atoms with E-state index in [1.165, 1.54) is 0 Å². The van der Waals surface area contributed by atoms with Crippen molar-refractivity contribution in [3.63, 3.8) is 0 Å². The highest BCUT2D eigenvalue weighted by Gasteiger charge is 2.35. The maximum Gasteiger partial charge on any atom is 0.240 e. The summed E-state index contributed by atoms with van der Waals surface area (Å²) in [6, 6.07) is 0.365. The minimum Gasteiger partial charge on any atom is -0.381 e. The fourth-order valence-corrected chi connectivity index (χ4v) is 1.96. The Balaban J connectivity index is 1.65. The van der Waals surface area contributed by atoms with Gasteiger partial charge < -0.3 is 21.1 Å². The van der Waals surface area contributed by atoms with Crippen LogP contribution >= 0.6 is 0 Å². The molecule has 6 nitrogen and oxygen atoms in total. The Bertz CT molecular complexity index is 323. The van der Waals surface area contributed by atoms with Gasteiger partial charge in [0, 0.05) is 32.2 Å². The second-order valence-electron chi connectivity index (χ2n) is 5.12. The first-order valence-corrected chi connectivity index (χ1v) is 6.54. The maximum atomic E-state index is 11.9. The number of hydrogen-bond donors (Lipinski definition) is 3. The molecule has 1 heterocycles. The van der Waals surface area contributed by atoms with Gasteiger partial charge in [-0.05, 0) is 25.7 Å². The Morgan fingerprint density at radius 2 is 1.94 bits per heavy atom. The number of nitrogens with one attached hydrogen (secondary N) is 2. The molecule has 1 saturated carbocycles. The molecule has 2 aliphatic rings. The van der Waals surface area contributed by atoms with Crippen molar-refractivity contribution in [2.24, 2.45) is 5.73 Å². The monoisotopic (exact) mass is 255 g/mol. The van der Waals surface area contributed by atoms with Gasteiger partial charge in [-0.25, -0.2) is 0 Å². The van der Waals surface area contributed by atoms with Crippen LogP contribution in [0.4, 0.5) is 0 Å².